The zero-order valence-corrected chi connectivity index (χ0v) is 21.5. The van der Waals surface area contributed by atoms with E-state index in [2.05, 4.69) is 43.1 Å². The number of hydrogen-bond acceptors (Lipinski definition) is 6. The average molecular weight is 534 g/mol. The Morgan fingerprint density at radius 2 is 1.85 bits per heavy atom. The number of anilines is 1. The van der Waals surface area contributed by atoms with Gasteiger partial charge in [-0.1, -0.05) is 0 Å². The highest BCUT2D eigenvalue weighted by molar-refractivity contribution is 5.82. The molecule has 0 saturated carbocycles. The fraction of sp³-hybridized carbons (Fsp3) is 0.321. The number of hydrogen-bond donors (Lipinski definition) is 0. The van der Waals surface area contributed by atoms with E-state index in [1.807, 2.05) is 17.9 Å². The SMILES string of the molecule is Cc1cnc2cc(C3CCN(c4ccc5c(cnn5C)c4)CC3)c(=O)n(Cc3ncccc3C(F)(F)F)c2n1. The maximum atomic E-state index is 13.8. The van der Waals surface area contributed by atoms with Crippen molar-refractivity contribution in [2.24, 2.45) is 7.05 Å². The van der Waals surface area contributed by atoms with Crippen LogP contribution < -0.4 is 10.5 Å². The van der Waals surface area contributed by atoms with Crippen LogP contribution in [-0.4, -0.2) is 42.4 Å². The van der Waals surface area contributed by atoms with Crippen molar-refractivity contribution >= 4 is 27.8 Å². The number of halogens is 3. The molecule has 0 unspecified atom stereocenters. The molecule has 0 N–H and O–H groups in total. The van der Waals surface area contributed by atoms with E-state index in [0.29, 0.717) is 16.8 Å². The molecule has 0 bridgehead atoms. The number of fused-ring (bicyclic) bond motifs is 2. The third-order valence-corrected chi connectivity index (χ3v) is 7.48. The minimum Gasteiger partial charge on any atom is -0.371 e. The molecule has 8 nitrogen and oxygen atoms in total. The summed E-state index contributed by atoms with van der Waals surface area (Å²) in [6.07, 6.45) is 1.60. The van der Waals surface area contributed by atoms with Crippen LogP contribution in [0.1, 0.15) is 41.3 Å². The van der Waals surface area contributed by atoms with Crippen molar-refractivity contribution < 1.29 is 13.2 Å². The Hall–Kier alpha value is -4.28. The molecule has 4 aromatic heterocycles. The van der Waals surface area contributed by atoms with Gasteiger partial charge in [0.05, 0.1) is 35.2 Å². The van der Waals surface area contributed by atoms with E-state index >= 15 is 0 Å². The van der Waals surface area contributed by atoms with Gasteiger partial charge in [-0.3, -0.25) is 24.0 Å². The molecule has 0 atom stereocenters. The zero-order valence-electron chi connectivity index (χ0n) is 21.5. The molecule has 5 heterocycles. The lowest BCUT2D eigenvalue weighted by molar-refractivity contribution is -0.138. The van der Waals surface area contributed by atoms with Crippen LogP contribution in [0, 0.1) is 6.92 Å². The van der Waals surface area contributed by atoms with Crippen LogP contribution in [0.15, 0.2) is 59.8 Å². The first kappa shape index (κ1) is 25.0. The molecule has 0 amide bonds. The summed E-state index contributed by atoms with van der Waals surface area (Å²) in [6.45, 7) is 2.87. The summed E-state index contributed by atoms with van der Waals surface area (Å²) in [5.74, 6) is -0.0551. The van der Waals surface area contributed by atoms with Gasteiger partial charge in [-0.25, -0.2) is 4.98 Å². The molecule has 5 aromatic rings. The van der Waals surface area contributed by atoms with Crippen LogP contribution >= 0.6 is 0 Å². The first-order valence-corrected chi connectivity index (χ1v) is 12.7. The second kappa shape index (κ2) is 9.48. The molecule has 1 aromatic carbocycles. The Labute approximate surface area is 221 Å². The monoisotopic (exact) mass is 533 g/mol. The van der Waals surface area contributed by atoms with Crippen molar-refractivity contribution in [1.29, 1.82) is 0 Å². The van der Waals surface area contributed by atoms with E-state index in [1.54, 1.807) is 19.2 Å². The highest BCUT2D eigenvalue weighted by Gasteiger charge is 2.34. The van der Waals surface area contributed by atoms with Gasteiger partial charge >= 0.3 is 6.18 Å². The van der Waals surface area contributed by atoms with Gasteiger partial charge in [-0.2, -0.15) is 18.3 Å². The summed E-state index contributed by atoms with van der Waals surface area (Å²) in [5, 5.41) is 5.38. The molecule has 200 valence electrons. The standard InChI is InChI=1S/C28H26F3N7O/c1-17-14-33-23-13-21(18-7-10-37(11-8-18)20-5-6-25-19(12-20)15-34-36(25)2)27(39)38(26(23)35-17)16-24-22(28(29,30)31)4-3-9-32-24/h3-6,9,12-15,18H,7-8,10-11,16H2,1-2H3. The van der Waals surface area contributed by atoms with Crippen molar-refractivity contribution in [3.63, 3.8) is 0 Å². The first-order valence-electron chi connectivity index (χ1n) is 12.7. The Kier molecular flexibility index (Phi) is 6.08. The molecule has 11 heteroatoms. The molecule has 6 rings (SSSR count). The minimum atomic E-state index is -4.59. The van der Waals surface area contributed by atoms with Gasteiger partial charge in [0.25, 0.3) is 5.56 Å². The Morgan fingerprint density at radius 3 is 2.62 bits per heavy atom. The smallest absolute Gasteiger partial charge is 0.371 e. The van der Waals surface area contributed by atoms with Crippen LogP contribution in [0.3, 0.4) is 0 Å². The fourth-order valence-electron chi connectivity index (χ4n) is 5.44. The number of alkyl halides is 3. The van der Waals surface area contributed by atoms with Crippen molar-refractivity contribution in [3.05, 3.63) is 87.9 Å². The molecule has 1 fully saturated rings. The number of aromatic nitrogens is 6. The second-order valence-electron chi connectivity index (χ2n) is 9.98. The summed E-state index contributed by atoms with van der Waals surface area (Å²) >= 11 is 0. The summed E-state index contributed by atoms with van der Waals surface area (Å²) in [7, 11) is 1.91. The van der Waals surface area contributed by atoms with Gasteiger partial charge in [-0.15, -0.1) is 0 Å². The maximum Gasteiger partial charge on any atom is 0.418 e. The topological polar surface area (TPSA) is 81.7 Å². The Morgan fingerprint density at radius 1 is 1.05 bits per heavy atom. The van der Waals surface area contributed by atoms with Crippen molar-refractivity contribution in [2.45, 2.75) is 38.4 Å². The lowest BCUT2D eigenvalue weighted by Crippen LogP contribution is -2.36. The van der Waals surface area contributed by atoms with Crippen molar-refractivity contribution in [2.75, 3.05) is 18.0 Å². The van der Waals surface area contributed by atoms with Crippen LogP contribution in [-0.2, 0) is 19.8 Å². The van der Waals surface area contributed by atoms with E-state index in [-0.39, 0.29) is 29.4 Å². The Bertz CT molecular complexity index is 1750. The maximum absolute atomic E-state index is 13.8. The normalized spacial score (nSPS) is 14.9. The molecule has 0 spiro atoms. The molecular formula is C28H26F3N7O. The number of rotatable bonds is 4. The summed E-state index contributed by atoms with van der Waals surface area (Å²) in [4.78, 5) is 29.0. The number of nitrogens with zero attached hydrogens (tertiary/aromatic N) is 7. The Balaban J connectivity index is 1.34. The zero-order chi connectivity index (χ0) is 27.3. The van der Waals surface area contributed by atoms with Gasteiger partial charge < -0.3 is 4.90 Å². The van der Waals surface area contributed by atoms with Crippen LogP contribution in [0.4, 0.5) is 18.9 Å². The predicted molar refractivity (Wildman–Crippen MR) is 142 cm³/mol. The average Bonchev–Trinajstić information content (AvgIpc) is 3.30. The number of pyridine rings is 2. The quantitative estimate of drug-likeness (QED) is 0.329. The van der Waals surface area contributed by atoms with Crippen LogP contribution in [0.2, 0.25) is 0 Å². The van der Waals surface area contributed by atoms with E-state index in [1.165, 1.54) is 16.8 Å². The van der Waals surface area contributed by atoms with Gasteiger partial charge in [0.2, 0.25) is 0 Å². The highest BCUT2D eigenvalue weighted by atomic mass is 19.4. The summed E-state index contributed by atoms with van der Waals surface area (Å²) < 4.78 is 44.2. The third-order valence-electron chi connectivity index (χ3n) is 7.48. The lowest BCUT2D eigenvalue weighted by atomic mass is 9.89. The fourth-order valence-corrected chi connectivity index (χ4v) is 5.44. The van der Waals surface area contributed by atoms with E-state index < -0.39 is 11.7 Å². The molecule has 1 saturated heterocycles. The van der Waals surface area contributed by atoms with Gasteiger partial charge in [-0.05, 0) is 62.1 Å². The molecule has 0 radical (unpaired) electrons. The predicted octanol–water partition coefficient (Wildman–Crippen LogP) is 4.83. The van der Waals surface area contributed by atoms with Crippen LogP contribution in [0.5, 0.6) is 0 Å². The minimum absolute atomic E-state index is 0.0551. The summed E-state index contributed by atoms with van der Waals surface area (Å²) in [6, 6.07) is 10.2. The second-order valence-corrected chi connectivity index (χ2v) is 9.98. The molecule has 1 aliphatic rings. The van der Waals surface area contributed by atoms with Crippen LogP contribution in [0.25, 0.3) is 22.1 Å². The van der Waals surface area contributed by atoms with Gasteiger partial charge in [0.1, 0.15) is 5.52 Å². The van der Waals surface area contributed by atoms with E-state index in [9.17, 15) is 18.0 Å². The number of piperidine rings is 1. The van der Waals surface area contributed by atoms with Gasteiger partial charge in [0.15, 0.2) is 5.65 Å². The molecule has 39 heavy (non-hydrogen) atoms. The van der Waals surface area contributed by atoms with Crippen molar-refractivity contribution in [3.8, 4) is 0 Å². The molecule has 1 aliphatic heterocycles. The van der Waals surface area contributed by atoms with Gasteiger partial charge in [0, 0.05) is 49.2 Å². The summed E-state index contributed by atoms with van der Waals surface area (Å²) in [5.41, 5.74) is 2.56. The van der Waals surface area contributed by atoms with E-state index in [0.717, 1.165) is 48.6 Å². The van der Waals surface area contributed by atoms with E-state index in [4.69, 9.17) is 0 Å². The highest BCUT2D eigenvalue weighted by Crippen LogP contribution is 2.33. The molecular weight excluding hydrogens is 507 g/mol. The third kappa shape index (κ3) is 4.62. The molecule has 0 aliphatic carbocycles. The first-order chi connectivity index (χ1) is 18.7. The lowest BCUT2D eigenvalue weighted by Gasteiger charge is -2.34. The number of aryl methyl sites for hydroxylation is 2. The number of benzene rings is 1. The largest absolute Gasteiger partial charge is 0.418 e. The van der Waals surface area contributed by atoms with Crippen molar-refractivity contribution in [1.82, 2.24) is 29.3 Å².